The Bertz CT molecular complexity index is 273. The predicted octanol–water partition coefficient (Wildman–Crippen LogP) is 1.39. The molecular formula is C12H23NO4. The smallest absolute Gasteiger partial charge is 0.410 e. The van der Waals surface area contributed by atoms with Crippen LogP contribution >= 0.6 is 0 Å². The Kier molecular flexibility index (Phi) is 4.04. The van der Waals surface area contributed by atoms with Gasteiger partial charge in [0, 0.05) is 0 Å². The summed E-state index contributed by atoms with van der Waals surface area (Å²) in [5.41, 5.74) is -1.47. The van der Waals surface area contributed by atoms with Gasteiger partial charge >= 0.3 is 6.09 Å². The van der Waals surface area contributed by atoms with Gasteiger partial charge in [-0.1, -0.05) is 0 Å². The zero-order valence-corrected chi connectivity index (χ0v) is 11.3. The van der Waals surface area contributed by atoms with Gasteiger partial charge in [0.2, 0.25) is 0 Å². The second-order valence-corrected chi connectivity index (χ2v) is 6.11. The molecular weight excluding hydrogens is 222 g/mol. The van der Waals surface area contributed by atoms with Crippen LogP contribution in [0.15, 0.2) is 0 Å². The van der Waals surface area contributed by atoms with Gasteiger partial charge in [-0.25, -0.2) is 4.79 Å². The van der Waals surface area contributed by atoms with Gasteiger partial charge in [0.1, 0.15) is 5.60 Å². The Morgan fingerprint density at radius 2 is 1.88 bits per heavy atom. The van der Waals surface area contributed by atoms with E-state index in [0.29, 0.717) is 13.2 Å². The van der Waals surface area contributed by atoms with E-state index in [1.54, 1.807) is 18.7 Å². The summed E-state index contributed by atoms with van der Waals surface area (Å²) in [7, 11) is 0. The molecule has 1 N–H and O–H groups in total. The standard InChI is InChI=1S/C12H23NO4/c1-11(2,3)17-10(14)13(8-12(4,5)15)9-6-16-7-9/h9,15H,6-8H2,1-5H3. The Balaban J connectivity index is 2.65. The highest BCUT2D eigenvalue weighted by Gasteiger charge is 2.35. The summed E-state index contributed by atoms with van der Waals surface area (Å²) in [6, 6.07) is 0.0104. The fourth-order valence-corrected chi connectivity index (χ4v) is 1.48. The molecule has 0 aromatic rings. The second-order valence-electron chi connectivity index (χ2n) is 6.11. The van der Waals surface area contributed by atoms with Gasteiger partial charge in [-0.05, 0) is 34.6 Å². The summed E-state index contributed by atoms with van der Waals surface area (Å²) < 4.78 is 10.4. The molecule has 1 aliphatic heterocycles. The molecule has 5 nitrogen and oxygen atoms in total. The molecule has 17 heavy (non-hydrogen) atoms. The fourth-order valence-electron chi connectivity index (χ4n) is 1.48. The van der Waals surface area contributed by atoms with Crippen molar-refractivity contribution in [1.29, 1.82) is 0 Å². The summed E-state index contributed by atoms with van der Waals surface area (Å²) >= 11 is 0. The molecule has 1 rings (SSSR count). The first-order valence-corrected chi connectivity index (χ1v) is 5.88. The van der Waals surface area contributed by atoms with E-state index in [1.165, 1.54) is 0 Å². The minimum atomic E-state index is -0.938. The highest BCUT2D eigenvalue weighted by atomic mass is 16.6. The third kappa shape index (κ3) is 4.91. The first-order valence-electron chi connectivity index (χ1n) is 5.88. The van der Waals surface area contributed by atoms with Crippen molar-refractivity contribution in [2.45, 2.75) is 51.9 Å². The van der Waals surface area contributed by atoms with Crippen molar-refractivity contribution >= 4 is 6.09 Å². The average Bonchev–Trinajstić information content (AvgIpc) is 1.93. The van der Waals surface area contributed by atoms with Crippen molar-refractivity contribution in [2.75, 3.05) is 19.8 Å². The summed E-state index contributed by atoms with van der Waals surface area (Å²) in [6.45, 7) is 10.1. The van der Waals surface area contributed by atoms with Crippen LogP contribution in [0.5, 0.6) is 0 Å². The molecule has 100 valence electrons. The lowest BCUT2D eigenvalue weighted by Crippen LogP contribution is -2.56. The van der Waals surface area contributed by atoms with Crippen LogP contribution in [0.2, 0.25) is 0 Å². The lowest BCUT2D eigenvalue weighted by Gasteiger charge is -2.40. The molecule has 1 saturated heterocycles. The first-order chi connectivity index (χ1) is 7.58. The van der Waals surface area contributed by atoms with Crippen molar-refractivity contribution in [1.82, 2.24) is 4.90 Å². The summed E-state index contributed by atoms with van der Waals surface area (Å²) in [5.74, 6) is 0. The number of rotatable bonds is 3. The lowest BCUT2D eigenvalue weighted by atomic mass is 10.1. The highest BCUT2D eigenvalue weighted by molar-refractivity contribution is 5.68. The largest absolute Gasteiger partial charge is 0.444 e. The van der Waals surface area contributed by atoms with E-state index in [9.17, 15) is 9.90 Å². The van der Waals surface area contributed by atoms with E-state index in [1.807, 2.05) is 20.8 Å². The van der Waals surface area contributed by atoms with Crippen LogP contribution in [0.25, 0.3) is 0 Å². The Morgan fingerprint density at radius 1 is 1.35 bits per heavy atom. The lowest BCUT2D eigenvalue weighted by molar-refractivity contribution is -0.0886. The second kappa shape index (κ2) is 4.82. The van der Waals surface area contributed by atoms with Crippen LogP contribution in [-0.2, 0) is 9.47 Å². The number of aliphatic hydroxyl groups is 1. The molecule has 0 radical (unpaired) electrons. The van der Waals surface area contributed by atoms with E-state index >= 15 is 0 Å². The van der Waals surface area contributed by atoms with Crippen molar-refractivity contribution < 1.29 is 19.4 Å². The van der Waals surface area contributed by atoms with Crippen molar-refractivity contribution in [3.8, 4) is 0 Å². The number of amides is 1. The number of carbonyl (C=O) groups excluding carboxylic acids is 1. The number of ether oxygens (including phenoxy) is 2. The first kappa shape index (κ1) is 14.3. The van der Waals surface area contributed by atoms with Crippen LogP contribution in [0.3, 0.4) is 0 Å². The maximum absolute atomic E-state index is 12.0. The monoisotopic (exact) mass is 245 g/mol. The zero-order chi connectivity index (χ0) is 13.3. The summed E-state index contributed by atoms with van der Waals surface area (Å²) in [4.78, 5) is 13.6. The molecule has 5 heteroatoms. The molecule has 0 bridgehead atoms. The maximum atomic E-state index is 12.0. The third-order valence-corrected chi connectivity index (χ3v) is 2.25. The Labute approximate surface area is 103 Å². The minimum absolute atomic E-state index is 0.0104. The fraction of sp³-hybridized carbons (Fsp3) is 0.917. The van der Waals surface area contributed by atoms with Gasteiger partial charge in [0.15, 0.2) is 0 Å². The van der Waals surface area contributed by atoms with Crippen molar-refractivity contribution in [3.63, 3.8) is 0 Å². The van der Waals surface area contributed by atoms with Crippen LogP contribution in [-0.4, -0.2) is 53.1 Å². The van der Waals surface area contributed by atoms with Crippen LogP contribution in [0, 0.1) is 0 Å². The van der Waals surface area contributed by atoms with E-state index < -0.39 is 17.3 Å². The normalized spacial score (nSPS) is 17.5. The number of carbonyl (C=O) groups is 1. The van der Waals surface area contributed by atoms with Crippen LogP contribution in [0.1, 0.15) is 34.6 Å². The molecule has 0 unspecified atom stereocenters. The van der Waals surface area contributed by atoms with E-state index in [0.717, 1.165) is 0 Å². The third-order valence-electron chi connectivity index (χ3n) is 2.25. The predicted molar refractivity (Wildman–Crippen MR) is 63.8 cm³/mol. The van der Waals surface area contributed by atoms with Crippen molar-refractivity contribution in [3.05, 3.63) is 0 Å². The molecule has 0 spiro atoms. The number of hydrogen-bond acceptors (Lipinski definition) is 4. The quantitative estimate of drug-likeness (QED) is 0.816. The SMILES string of the molecule is CC(C)(O)CN(C(=O)OC(C)(C)C)C1COC1. The summed E-state index contributed by atoms with van der Waals surface area (Å²) in [5, 5.41) is 9.81. The molecule has 0 atom stereocenters. The minimum Gasteiger partial charge on any atom is -0.444 e. The van der Waals surface area contributed by atoms with Crippen molar-refractivity contribution in [2.24, 2.45) is 0 Å². The molecule has 0 aliphatic carbocycles. The Morgan fingerprint density at radius 3 is 2.18 bits per heavy atom. The van der Waals surface area contributed by atoms with Crippen LogP contribution in [0.4, 0.5) is 4.79 Å². The topological polar surface area (TPSA) is 59.0 Å². The molecule has 1 amide bonds. The molecule has 1 fully saturated rings. The van der Waals surface area contributed by atoms with E-state index in [2.05, 4.69) is 0 Å². The van der Waals surface area contributed by atoms with Gasteiger partial charge < -0.3 is 14.6 Å². The van der Waals surface area contributed by atoms with Gasteiger partial charge in [-0.2, -0.15) is 0 Å². The molecule has 1 aliphatic rings. The van der Waals surface area contributed by atoms with Gasteiger partial charge in [-0.15, -0.1) is 0 Å². The van der Waals surface area contributed by atoms with Gasteiger partial charge in [-0.3, -0.25) is 4.90 Å². The Hall–Kier alpha value is -0.810. The molecule has 0 saturated carbocycles. The van der Waals surface area contributed by atoms with Gasteiger partial charge in [0.05, 0.1) is 31.4 Å². The number of hydrogen-bond donors (Lipinski definition) is 1. The van der Waals surface area contributed by atoms with Crippen LogP contribution < -0.4 is 0 Å². The zero-order valence-electron chi connectivity index (χ0n) is 11.3. The van der Waals surface area contributed by atoms with Gasteiger partial charge in [0.25, 0.3) is 0 Å². The highest BCUT2D eigenvalue weighted by Crippen LogP contribution is 2.18. The maximum Gasteiger partial charge on any atom is 0.410 e. The number of nitrogens with zero attached hydrogens (tertiary/aromatic N) is 1. The van der Waals surface area contributed by atoms with E-state index in [4.69, 9.17) is 9.47 Å². The van der Waals surface area contributed by atoms with E-state index in [-0.39, 0.29) is 12.6 Å². The molecule has 0 aromatic heterocycles. The summed E-state index contributed by atoms with van der Waals surface area (Å²) in [6.07, 6.45) is -0.395. The molecule has 1 heterocycles. The molecule has 0 aromatic carbocycles. The average molecular weight is 245 g/mol.